The molecular formula is C12H11BrO3S. The highest BCUT2D eigenvalue weighted by Crippen LogP contribution is 2.27. The summed E-state index contributed by atoms with van der Waals surface area (Å²) in [6.45, 7) is 0.0621. The van der Waals surface area contributed by atoms with Gasteiger partial charge in [-0.05, 0) is 22.4 Å². The lowest BCUT2D eigenvalue weighted by atomic mass is 10.1. The Balaban J connectivity index is 2.45. The van der Waals surface area contributed by atoms with E-state index < -0.39 is 10.1 Å². The molecule has 0 radical (unpaired) electrons. The first-order chi connectivity index (χ1) is 7.97. The van der Waals surface area contributed by atoms with E-state index in [1.165, 1.54) is 0 Å². The predicted molar refractivity (Wildman–Crippen MR) is 71.3 cm³/mol. The molecule has 0 aromatic heterocycles. The van der Waals surface area contributed by atoms with Crippen LogP contribution in [0.15, 0.2) is 40.9 Å². The van der Waals surface area contributed by atoms with Crippen LogP contribution in [0.1, 0.15) is 5.56 Å². The summed E-state index contributed by atoms with van der Waals surface area (Å²) in [6, 6.07) is 11.5. The van der Waals surface area contributed by atoms with Crippen LogP contribution in [0, 0.1) is 0 Å². The van der Waals surface area contributed by atoms with Crippen LogP contribution in [0.25, 0.3) is 10.8 Å². The molecular weight excluding hydrogens is 304 g/mol. The van der Waals surface area contributed by atoms with E-state index in [0.29, 0.717) is 0 Å². The summed E-state index contributed by atoms with van der Waals surface area (Å²) < 4.78 is 27.8. The maximum absolute atomic E-state index is 11.0. The van der Waals surface area contributed by atoms with Crippen molar-refractivity contribution >= 4 is 36.8 Å². The van der Waals surface area contributed by atoms with Gasteiger partial charge < -0.3 is 0 Å². The second kappa shape index (κ2) is 4.76. The molecule has 0 aliphatic carbocycles. The summed E-state index contributed by atoms with van der Waals surface area (Å²) in [5, 5.41) is 2.03. The van der Waals surface area contributed by atoms with Gasteiger partial charge in [0.2, 0.25) is 0 Å². The number of halogens is 1. The van der Waals surface area contributed by atoms with Gasteiger partial charge in [0.25, 0.3) is 10.1 Å². The summed E-state index contributed by atoms with van der Waals surface area (Å²) in [5.74, 6) is 0. The van der Waals surface area contributed by atoms with Crippen molar-refractivity contribution < 1.29 is 12.6 Å². The van der Waals surface area contributed by atoms with E-state index in [2.05, 4.69) is 15.9 Å². The quantitative estimate of drug-likeness (QED) is 0.818. The predicted octanol–water partition coefficient (Wildman–Crippen LogP) is 3.08. The first-order valence-corrected chi connectivity index (χ1v) is 7.59. The first kappa shape index (κ1) is 12.5. The lowest BCUT2D eigenvalue weighted by Gasteiger charge is -2.07. The van der Waals surface area contributed by atoms with Crippen molar-refractivity contribution in [2.24, 2.45) is 0 Å². The fraction of sp³-hybridized carbons (Fsp3) is 0.167. The Morgan fingerprint density at radius 2 is 1.76 bits per heavy atom. The molecule has 0 saturated heterocycles. The van der Waals surface area contributed by atoms with Gasteiger partial charge in [-0.25, -0.2) is 0 Å². The third-order valence-corrected chi connectivity index (χ3v) is 3.63. The zero-order valence-electron chi connectivity index (χ0n) is 9.18. The lowest BCUT2D eigenvalue weighted by molar-refractivity contribution is 0.313. The van der Waals surface area contributed by atoms with Gasteiger partial charge in [0, 0.05) is 4.47 Å². The SMILES string of the molecule is CS(=O)(=O)OCc1ccc(Br)c2ccccc12. The minimum absolute atomic E-state index is 0.0621. The number of benzene rings is 2. The lowest BCUT2D eigenvalue weighted by Crippen LogP contribution is -2.03. The Morgan fingerprint density at radius 1 is 1.12 bits per heavy atom. The smallest absolute Gasteiger partial charge is 0.264 e. The molecule has 3 nitrogen and oxygen atoms in total. The molecule has 17 heavy (non-hydrogen) atoms. The first-order valence-electron chi connectivity index (χ1n) is 4.98. The summed E-state index contributed by atoms with van der Waals surface area (Å²) in [5.41, 5.74) is 0.856. The fourth-order valence-electron chi connectivity index (χ4n) is 1.62. The van der Waals surface area contributed by atoms with Crippen LogP contribution in [-0.2, 0) is 20.9 Å². The number of rotatable bonds is 3. The average Bonchev–Trinajstić information content (AvgIpc) is 2.27. The zero-order chi connectivity index (χ0) is 12.5. The van der Waals surface area contributed by atoms with Gasteiger partial charge in [0.1, 0.15) is 0 Å². The van der Waals surface area contributed by atoms with Crippen LogP contribution in [0.4, 0.5) is 0 Å². The topological polar surface area (TPSA) is 43.4 Å². The molecule has 0 saturated carbocycles. The Labute approximate surface area is 109 Å². The molecule has 0 heterocycles. The van der Waals surface area contributed by atoms with Gasteiger partial charge in [0.15, 0.2) is 0 Å². The molecule has 2 aromatic carbocycles. The molecule has 0 fully saturated rings. The summed E-state index contributed by atoms with van der Waals surface area (Å²) in [7, 11) is -3.41. The second-order valence-electron chi connectivity index (χ2n) is 3.72. The van der Waals surface area contributed by atoms with Crippen molar-refractivity contribution in [3.63, 3.8) is 0 Å². The molecule has 2 aromatic rings. The highest BCUT2D eigenvalue weighted by Gasteiger charge is 2.07. The Kier molecular flexibility index (Phi) is 3.51. The van der Waals surface area contributed by atoms with E-state index in [4.69, 9.17) is 4.18 Å². The van der Waals surface area contributed by atoms with Gasteiger partial charge in [-0.1, -0.05) is 46.3 Å². The Bertz CT molecular complexity index is 650. The maximum atomic E-state index is 11.0. The van der Waals surface area contributed by atoms with Gasteiger partial charge in [-0.15, -0.1) is 0 Å². The van der Waals surface area contributed by atoms with E-state index in [-0.39, 0.29) is 6.61 Å². The van der Waals surface area contributed by atoms with Gasteiger partial charge >= 0.3 is 0 Å². The molecule has 0 unspecified atom stereocenters. The van der Waals surface area contributed by atoms with Crippen LogP contribution >= 0.6 is 15.9 Å². The average molecular weight is 315 g/mol. The largest absolute Gasteiger partial charge is 0.265 e. The Hall–Kier alpha value is -0.910. The minimum Gasteiger partial charge on any atom is -0.265 e. The van der Waals surface area contributed by atoms with Gasteiger partial charge in [-0.3, -0.25) is 4.18 Å². The molecule has 0 aliphatic heterocycles. The maximum Gasteiger partial charge on any atom is 0.264 e. The highest BCUT2D eigenvalue weighted by atomic mass is 79.9. The highest BCUT2D eigenvalue weighted by molar-refractivity contribution is 9.10. The van der Waals surface area contributed by atoms with Gasteiger partial charge in [0.05, 0.1) is 12.9 Å². The van der Waals surface area contributed by atoms with Crippen molar-refractivity contribution in [1.29, 1.82) is 0 Å². The zero-order valence-corrected chi connectivity index (χ0v) is 11.6. The summed E-state index contributed by atoms with van der Waals surface area (Å²) >= 11 is 3.46. The normalized spacial score (nSPS) is 11.9. The van der Waals surface area contributed by atoms with E-state index in [0.717, 1.165) is 27.1 Å². The third-order valence-electron chi connectivity index (χ3n) is 2.39. The fourth-order valence-corrected chi connectivity index (χ4v) is 2.44. The molecule has 0 spiro atoms. The van der Waals surface area contributed by atoms with Crippen LogP contribution in [-0.4, -0.2) is 14.7 Å². The molecule has 0 amide bonds. The molecule has 90 valence electrons. The van der Waals surface area contributed by atoms with Crippen molar-refractivity contribution in [3.8, 4) is 0 Å². The summed E-state index contributed by atoms with van der Waals surface area (Å²) in [6.07, 6.45) is 1.05. The second-order valence-corrected chi connectivity index (χ2v) is 6.22. The van der Waals surface area contributed by atoms with Crippen LogP contribution < -0.4 is 0 Å². The molecule has 0 N–H and O–H groups in total. The monoisotopic (exact) mass is 314 g/mol. The molecule has 0 bridgehead atoms. The van der Waals surface area contributed by atoms with E-state index in [1.54, 1.807) is 0 Å². The van der Waals surface area contributed by atoms with E-state index in [1.807, 2.05) is 36.4 Å². The van der Waals surface area contributed by atoms with Crippen LogP contribution in [0.5, 0.6) is 0 Å². The molecule has 0 aliphatic rings. The number of fused-ring (bicyclic) bond motifs is 1. The molecule has 2 rings (SSSR count). The number of hydrogen-bond acceptors (Lipinski definition) is 3. The van der Waals surface area contributed by atoms with E-state index >= 15 is 0 Å². The van der Waals surface area contributed by atoms with Crippen LogP contribution in [0.2, 0.25) is 0 Å². The van der Waals surface area contributed by atoms with Crippen molar-refractivity contribution in [3.05, 3.63) is 46.4 Å². The van der Waals surface area contributed by atoms with Crippen molar-refractivity contribution in [2.75, 3.05) is 6.26 Å². The van der Waals surface area contributed by atoms with Crippen molar-refractivity contribution in [2.45, 2.75) is 6.61 Å². The standard InChI is InChI=1S/C12H11BrO3S/c1-17(14,15)16-8-9-6-7-12(13)11-5-3-2-4-10(9)11/h2-7H,8H2,1H3. The number of hydrogen-bond donors (Lipinski definition) is 0. The Morgan fingerprint density at radius 3 is 2.41 bits per heavy atom. The molecule has 5 heteroatoms. The molecule has 0 atom stereocenters. The van der Waals surface area contributed by atoms with E-state index in [9.17, 15) is 8.42 Å². The third kappa shape index (κ3) is 3.06. The minimum atomic E-state index is -3.41. The van der Waals surface area contributed by atoms with Crippen molar-refractivity contribution in [1.82, 2.24) is 0 Å². The summed E-state index contributed by atoms with van der Waals surface area (Å²) in [4.78, 5) is 0. The van der Waals surface area contributed by atoms with Crippen LogP contribution in [0.3, 0.4) is 0 Å². The van der Waals surface area contributed by atoms with Gasteiger partial charge in [-0.2, -0.15) is 8.42 Å².